The molecule has 0 aromatic carbocycles. The van der Waals surface area contributed by atoms with Gasteiger partial charge in [-0.15, -0.1) is 0 Å². The second kappa shape index (κ2) is 8.57. The van der Waals surface area contributed by atoms with Crippen LogP contribution in [0.5, 0.6) is 0 Å². The molecule has 1 nitrogen and oxygen atoms in total. The van der Waals surface area contributed by atoms with Crippen molar-refractivity contribution in [2.45, 2.75) is 118 Å². The Morgan fingerprint density at radius 2 is 1.63 bits per heavy atom. The van der Waals surface area contributed by atoms with E-state index in [0.717, 1.165) is 48.3 Å². The predicted molar refractivity (Wildman–Crippen MR) is 128 cm³/mol. The van der Waals surface area contributed by atoms with Crippen LogP contribution in [0.2, 0.25) is 0 Å². The molecule has 0 heterocycles. The summed E-state index contributed by atoms with van der Waals surface area (Å²) < 4.78 is 0. The zero-order valence-electron chi connectivity index (χ0n) is 20.9. The number of allylic oxidation sites excluding steroid dienone is 2. The van der Waals surface area contributed by atoms with Crippen molar-refractivity contribution in [1.82, 2.24) is 0 Å². The number of rotatable bonds is 5. The van der Waals surface area contributed by atoms with Gasteiger partial charge >= 0.3 is 0 Å². The van der Waals surface area contributed by atoms with Crippen molar-refractivity contribution in [2.75, 3.05) is 0 Å². The molecule has 0 amide bonds. The van der Waals surface area contributed by atoms with Crippen LogP contribution in [-0.2, 0) is 0 Å². The predicted octanol–water partition coefficient (Wildman–Crippen LogP) is 8.02. The van der Waals surface area contributed by atoms with Gasteiger partial charge in [-0.05, 0) is 123 Å². The maximum Gasteiger partial charge on any atom is 0.0543 e. The summed E-state index contributed by atoms with van der Waals surface area (Å²) >= 11 is 0. The Morgan fingerprint density at radius 3 is 2.33 bits per heavy atom. The van der Waals surface area contributed by atoms with E-state index in [-0.39, 0.29) is 6.10 Å². The van der Waals surface area contributed by atoms with Crippen molar-refractivity contribution in [3.63, 3.8) is 0 Å². The summed E-state index contributed by atoms with van der Waals surface area (Å²) in [5.74, 6) is 6.11. The standard InChI is InChI=1S/C29H50O/c1-7-21(19(2)3)9-8-20(4)25-12-13-26-24-11-10-22-18-23(30)14-16-28(22,5)27(24)15-17-29(25,26)6/h9,19-20,22-27,30H,7-8,10-18H2,1-6H3/t20-,22?,23?,24+,25-,26+,27+,28+,29-/m1/s1. The fourth-order valence-electron chi connectivity index (χ4n) is 9.50. The van der Waals surface area contributed by atoms with E-state index in [9.17, 15) is 5.11 Å². The maximum absolute atomic E-state index is 10.3. The van der Waals surface area contributed by atoms with Crippen molar-refractivity contribution < 1.29 is 5.11 Å². The molecule has 0 spiro atoms. The van der Waals surface area contributed by atoms with Crippen LogP contribution in [0.3, 0.4) is 0 Å². The lowest BCUT2D eigenvalue weighted by atomic mass is 9.44. The first-order valence-corrected chi connectivity index (χ1v) is 13.6. The second-order valence-electron chi connectivity index (χ2n) is 12.8. The molecule has 4 fully saturated rings. The molecule has 4 saturated carbocycles. The van der Waals surface area contributed by atoms with Crippen LogP contribution >= 0.6 is 0 Å². The Balaban J connectivity index is 1.49. The Morgan fingerprint density at radius 1 is 0.933 bits per heavy atom. The summed E-state index contributed by atoms with van der Waals surface area (Å²) in [5.41, 5.74) is 2.76. The van der Waals surface area contributed by atoms with Gasteiger partial charge < -0.3 is 5.11 Å². The molecule has 0 saturated heterocycles. The summed E-state index contributed by atoms with van der Waals surface area (Å²) in [4.78, 5) is 0. The minimum Gasteiger partial charge on any atom is -0.393 e. The summed E-state index contributed by atoms with van der Waals surface area (Å²) in [6.07, 6.45) is 17.3. The molecule has 1 heteroatoms. The molecule has 0 aromatic rings. The fourth-order valence-corrected chi connectivity index (χ4v) is 9.50. The molecule has 2 unspecified atom stereocenters. The van der Waals surface area contributed by atoms with Gasteiger partial charge in [-0.25, -0.2) is 0 Å². The Kier molecular flexibility index (Phi) is 6.53. The summed E-state index contributed by atoms with van der Waals surface area (Å²) in [5, 5.41) is 10.3. The van der Waals surface area contributed by atoms with E-state index >= 15 is 0 Å². The van der Waals surface area contributed by atoms with Gasteiger partial charge in [0, 0.05) is 0 Å². The van der Waals surface area contributed by atoms with E-state index in [2.05, 4.69) is 47.6 Å². The molecular weight excluding hydrogens is 364 g/mol. The Bertz CT molecular complexity index is 634. The Hall–Kier alpha value is -0.300. The van der Waals surface area contributed by atoms with Crippen molar-refractivity contribution >= 4 is 0 Å². The van der Waals surface area contributed by atoms with Crippen molar-refractivity contribution in [2.24, 2.45) is 52.3 Å². The highest BCUT2D eigenvalue weighted by molar-refractivity contribution is 5.11. The highest BCUT2D eigenvalue weighted by Gasteiger charge is 2.60. The van der Waals surface area contributed by atoms with Crippen molar-refractivity contribution in [3.05, 3.63) is 11.6 Å². The topological polar surface area (TPSA) is 20.2 Å². The van der Waals surface area contributed by atoms with Gasteiger partial charge in [-0.1, -0.05) is 53.2 Å². The van der Waals surface area contributed by atoms with Gasteiger partial charge in [0.15, 0.2) is 0 Å². The first kappa shape index (κ1) is 22.9. The van der Waals surface area contributed by atoms with E-state index in [0.29, 0.717) is 16.7 Å². The minimum absolute atomic E-state index is 0.0166. The second-order valence-corrected chi connectivity index (χ2v) is 12.8. The number of aliphatic hydroxyl groups excluding tert-OH is 1. The molecule has 9 atom stereocenters. The van der Waals surface area contributed by atoms with Crippen LogP contribution in [0.1, 0.15) is 112 Å². The largest absolute Gasteiger partial charge is 0.393 e. The van der Waals surface area contributed by atoms with Crippen LogP contribution in [0.25, 0.3) is 0 Å². The third kappa shape index (κ3) is 3.74. The number of hydrogen-bond donors (Lipinski definition) is 1. The van der Waals surface area contributed by atoms with Gasteiger partial charge in [0.1, 0.15) is 0 Å². The van der Waals surface area contributed by atoms with Crippen LogP contribution in [0.15, 0.2) is 11.6 Å². The zero-order valence-corrected chi connectivity index (χ0v) is 20.9. The monoisotopic (exact) mass is 414 g/mol. The Labute approximate surface area is 187 Å². The fraction of sp³-hybridized carbons (Fsp3) is 0.931. The third-order valence-corrected chi connectivity index (χ3v) is 11.3. The van der Waals surface area contributed by atoms with Crippen LogP contribution < -0.4 is 0 Å². The molecule has 0 radical (unpaired) electrons. The molecule has 4 aliphatic carbocycles. The van der Waals surface area contributed by atoms with Gasteiger partial charge in [0.05, 0.1) is 6.10 Å². The molecule has 4 rings (SSSR count). The highest BCUT2D eigenvalue weighted by atomic mass is 16.3. The summed E-state index contributed by atoms with van der Waals surface area (Å²) in [6.45, 7) is 14.9. The highest BCUT2D eigenvalue weighted by Crippen LogP contribution is 2.68. The van der Waals surface area contributed by atoms with E-state index in [1.54, 1.807) is 5.57 Å². The number of aliphatic hydroxyl groups is 1. The van der Waals surface area contributed by atoms with Crippen LogP contribution in [0.4, 0.5) is 0 Å². The summed E-state index contributed by atoms with van der Waals surface area (Å²) in [6, 6.07) is 0. The lowest BCUT2D eigenvalue weighted by Gasteiger charge is -2.61. The first-order chi connectivity index (χ1) is 14.2. The molecule has 4 aliphatic rings. The lowest BCUT2D eigenvalue weighted by Crippen LogP contribution is -2.54. The smallest absolute Gasteiger partial charge is 0.0543 e. The third-order valence-electron chi connectivity index (χ3n) is 11.3. The molecule has 0 aliphatic heterocycles. The molecule has 0 bridgehead atoms. The molecule has 172 valence electrons. The van der Waals surface area contributed by atoms with Gasteiger partial charge in [-0.3, -0.25) is 0 Å². The van der Waals surface area contributed by atoms with Gasteiger partial charge in [0.2, 0.25) is 0 Å². The molecule has 1 N–H and O–H groups in total. The van der Waals surface area contributed by atoms with Crippen molar-refractivity contribution in [1.29, 1.82) is 0 Å². The maximum atomic E-state index is 10.3. The van der Waals surface area contributed by atoms with Crippen LogP contribution in [-0.4, -0.2) is 11.2 Å². The lowest BCUT2D eigenvalue weighted by molar-refractivity contribution is -0.129. The first-order valence-electron chi connectivity index (χ1n) is 13.6. The van der Waals surface area contributed by atoms with E-state index in [4.69, 9.17) is 0 Å². The van der Waals surface area contributed by atoms with Crippen LogP contribution in [0, 0.1) is 52.3 Å². The SMILES string of the molecule is CCC(=CC[C@@H](C)[C@H]1CC[C@H]2[C@@H]3CCC4CC(O)CC[C@]4(C)[C@H]3CC[C@]12C)C(C)C. The van der Waals surface area contributed by atoms with Gasteiger partial charge in [0.25, 0.3) is 0 Å². The minimum atomic E-state index is -0.0166. The molecule has 0 aromatic heterocycles. The van der Waals surface area contributed by atoms with Gasteiger partial charge in [-0.2, -0.15) is 0 Å². The van der Waals surface area contributed by atoms with E-state index in [1.807, 2.05) is 0 Å². The molecular formula is C29H50O. The van der Waals surface area contributed by atoms with Crippen molar-refractivity contribution in [3.8, 4) is 0 Å². The average molecular weight is 415 g/mol. The zero-order chi connectivity index (χ0) is 21.7. The number of hydrogen-bond acceptors (Lipinski definition) is 1. The normalized spacial score (nSPS) is 47.5. The average Bonchev–Trinajstić information content (AvgIpc) is 3.06. The quantitative estimate of drug-likeness (QED) is 0.451. The van der Waals surface area contributed by atoms with E-state index in [1.165, 1.54) is 57.8 Å². The number of fused-ring (bicyclic) bond motifs is 5. The molecule has 30 heavy (non-hydrogen) atoms. The van der Waals surface area contributed by atoms with E-state index < -0.39 is 0 Å². The summed E-state index contributed by atoms with van der Waals surface area (Å²) in [7, 11) is 0.